The van der Waals surface area contributed by atoms with Gasteiger partial charge in [-0.2, -0.15) is 0 Å². The van der Waals surface area contributed by atoms with Crippen LogP contribution in [0.1, 0.15) is 27.0 Å². The third-order valence-electron chi connectivity index (χ3n) is 7.41. The zero-order valence-corrected chi connectivity index (χ0v) is 25.5. The lowest BCUT2D eigenvalue weighted by atomic mass is 10.1. The van der Waals surface area contributed by atoms with Crippen molar-refractivity contribution >= 4 is 28.4 Å². The Morgan fingerprint density at radius 2 is 1.40 bits per heavy atom. The van der Waals surface area contributed by atoms with E-state index < -0.39 is 17.4 Å². The van der Waals surface area contributed by atoms with Crippen molar-refractivity contribution in [1.29, 1.82) is 0 Å². The molecular weight excluding hydrogens is 570 g/mol. The van der Waals surface area contributed by atoms with Crippen LogP contribution in [0.3, 0.4) is 0 Å². The molecule has 0 aliphatic carbocycles. The van der Waals surface area contributed by atoms with Crippen molar-refractivity contribution in [3.63, 3.8) is 0 Å². The van der Waals surface area contributed by atoms with Crippen molar-refractivity contribution in [2.75, 3.05) is 32.7 Å². The summed E-state index contributed by atoms with van der Waals surface area (Å²) in [7, 11) is 3.16. The van der Waals surface area contributed by atoms with Gasteiger partial charge in [0.25, 0.3) is 17.4 Å². The highest BCUT2D eigenvalue weighted by Gasteiger charge is 2.18. The van der Waals surface area contributed by atoms with Gasteiger partial charge in [-0.1, -0.05) is 48.0 Å². The van der Waals surface area contributed by atoms with Gasteiger partial charge < -0.3 is 29.4 Å². The number of nitrogens with one attached hydrogen (secondary N) is 2. The summed E-state index contributed by atoms with van der Waals surface area (Å²) in [5, 5.41) is 6.33. The summed E-state index contributed by atoms with van der Waals surface area (Å²) in [6, 6.07) is 29.2. The number of methoxy groups -OCH3 is 2. The maximum atomic E-state index is 13.8. The summed E-state index contributed by atoms with van der Waals surface area (Å²) in [6.07, 6.45) is 0.620. The minimum Gasteiger partial charge on any atom is -0.497 e. The smallest absolute Gasteiger partial charge is 0.264 e. The Kier molecular flexibility index (Phi) is 9.79. The normalized spacial score (nSPS) is 10.7. The number of amides is 2. The minimum atomic E-state index is -0.485. The number of pyridine rings is 1. The number of hydrogen-bond acceptors (Lipinski definition) is 6. The van der Waals surface area contributed by atoms with Gasteiger partial charge in [0.05, 0.1) is 32.0 Å². The number of carbonyl (C=O) groups excluding carboxylic acids is 2. The van der Waals surface area contributed by atoms with Crippen LogP contribution in [-0.4, -0.2) is 43.8 Å². The lowest BCUT2D eigenvalue weighted by Gasteiger charge is -2.16. The van der Waals surface area contributed by atoms with Gasteiger partial charge in [0, 0.05) is 11.9 Å². The predicted octanol–water partition coefficient (Wildman–Crippen LogP) is 5.37. The SMILES string of the molecule is COc1ccc(Cn2c(=O)c(C(=O)NCCc3ccc(C)cc3)cc3c(NC(=O)COc4ccc(OC)cc4)cccc32)cc1. The highest BCUT2D eigenvalue weighted by atomic mass is 16.5. The Morgan fingerprint density at radius 1 is 0.778 bits per heavy atom. The molecule has 1 aromatic heterocycles. The molecule has 5 aromatic rings. The summed E-state index contributed by atoms with van der Waals surface area (Å²) in [4.78, 5) is 40.2. The standard InChI is InChI=1S/C36H35N3O6/c1-24-7-9-25(10-8-24)19-20-37-35(41)31-21-30-32(38-34(40)23-45-29-17-15-28(44-3)16-18-29)5-4-6-33(30)39(36(31)42)22-26-11-13-27(43-2)14-12-26/h4-18,21H,19-20,22-23H2,1-3H3,(H,37,41)(H,38,40). The summed E-state index contributed by atoms with van der Waals surface area (Å²) in [6.45, 7) is 2.36. The number of aromatic nitrogens is 1. The number of ether oxygens (including phenoxy) is 3. The number of anilines is 1. The average Bonchev–Trinajstić information content (AvgIpc) is 3.06. The van der Waals surface area contributed by atoms with E-state index in [2.05, 4.69) is 10.6 Å². The molecule has 0 saturated carbocycles. The molecular formula is C36H35N3O6. The minimum absolute atomic E-state index is 0.0175. The lowest BCUT2D eigenvalue weighted by molar-refractivity contribution is -0.118. The van der Waals surface area contributed by atoms with Gasteiger partial charge in [0.15, 0.2) is 6.61 Å². The van der Waals surface area contributed by atoms with Crippen LogP contribution in [0, 0.1) is 6.92 Å². The van der Waals surface area contributed by atoms with Crippen LogP contribution < -0.4 is 30.4 Å². The summed E-state index contributed by atoms with van der Waals surface area (Å²) >= 11 is 0. The number of aryl methyl sites for hydroxylation is 1. The van der Waals surface area contributed by atoms with Crippen molar-refractivity contribution in [3.8, 4) is 17.2 Å². The maximum Gasteiger partial charge on any atom is 0.264 e. The zero-order chi connectivity index (χ0) is 31.8. The Labute approximate surface area is 261 Å². The van der Waals surface area contributed by atoms with Gasteiger partial charge in [-0.3, -0.25) is 14.4 Å². The molecule has 0 aliphatic rings. The van der Waals surface area contributed by atoms with E-state index in [0.717, 1.165) is 16.7 Å². The summed E-state index contributed by atoms with van der Waals surface area (Å²) in [5.74, 6) is 1.01. The summed E-state index contributed by atoms with van der Waals surface area (Å²) < 4.78 is 17.6. The van der Waals surface area contributed by atoms with E-state index in [1.165, 1.54) is 0 Å². The molecule has 230 valence electrons. The van der Waals surface area contributed by atoms with Crippen molar-refractivity contribution < 1.29 is 23.8 Å². The Hall–Kier alpha value is -5.57. The van der Waals surface area contributed by atoms with E-state index in [0.29, 0.717) is 46.8 Å². The van der Waals surface area contributed by atoms with Crippen molar-refractivity contribution in [3.05, 3.63) is 130 Å². The monoisotopic (exact) mass is 605 g/mol. The lowest BCUT2D eigenvalue weighted by Crippen LogP contribution is -2.34. The number of rotatable bonds is 12. The fourth-order valence-electron chi connectivity index (χ4n) is 4.92. The molecule has 9 heteroatoms. The first kappa shape index (κ1) is 30.9. The van der Waals surface area contributed by atoms with E-state index in [9.17, 15) is 14.4 Å². The van der Waals surface area contributed by atoms with Gasteiger partial charge in [-0.15, -0.1) is 0 Å². The van der Waals surface area contributed by atoms with Crippen LogP contribution in [0.5, 0.6) is 17.2 Å². The number of benzene rings is 4. The van der Waals surface area contributed by atoms with Gasteiger partial charge in [-0.05, 0) is 79.1 Å². The number of carbonyl (C=O) groups is 2. The van der Waals surface area contributed by atoms with Gasteiger partial charge >= 0.3 is 0 Å². The molecule has 0 saturated heterocycles. The fourth-order valence-corrected chi connectivity index (χ4v) is 4.92. The molecule has 45 heavy (non-hydrogen) atoms. The van der Waals surface area contributed by atoms with Crippen molar-refractivity contribution in [1.82, 2.24) is 9.88 Å². The Balaban J connectivity index is 1.43. The fraction of sp³-hybridized carbons (Fsp3) is 0.194. The second kappa shape index (κ2) is 14.3. The molecule has 0 unspecified atom stereocenters. The third-order valence-corrected chi connectivity index (χ3v) is 7.41. The maximum absolute atomic E-state index is 13.8. The van der Waals surface area contributed by atoms with Gasteiger partial charge in [-0.25, -0.2) is 0 Å². The van der Waals surface area contributed by atoms with Crippen LogP contribution in [0.25, 0.3) is 10.9 Å². The van der Waals surface area contributed by atoms with Crippen LogP contribution in [-0.2, 0) is 17.8 Å². The summed E-state index contributed by atoms with van der Waals surface area (Å²) in [5.41, 5.74) is 3.66. The molecule has 0 spiro atoms. The molecule has 0 bridgehead atoms. The first-order chi connectivity index (χ1) is 21.8. The Morgan fingerprint density at radius 3 is 2.07 bits per heavy atom. The number of hydrogen-bond donors (Lipinski definition) is 2. The zero-order valence-electron chi connectivity index (χ0n) is 25.5. The second-order valence-electron chi connectivity index (χ2n) is 10.5. The van der Waals surface area contributed by atoms with Crippen LogP contribution in [0.15, 0.2) is 102 Å². The molecule has 0 atom stereocenters. The Bertz CT molecular complexity index is 1850. The van der Waals surface area contributed by atoms with Crippen LogP contribution in [0.4, 0.5) is 5.69 Å². The van der Waals surface area contributed by atoms with Crippen LogP contribution in [0.2, 0.25) is 0 Å². The van der Waals surface area contributed by atoms with Gasteiger partial charge in [0.2, 0.25) is 0 Å². The quantitative estimate of drug-likeness (QED) is 0.198. The van der Waals surface area contributed by atoms with E-state index in [4.69, 9.17) is 14.2 Å². The molecule has 2 amide bonds. The molecule has 2 N–H and O–H groups in total. The molecule has 9 nitrogen and oxygen atoms in total. The van der Waals surface area contributed by atoms with Crippen molar-refractivity contribution in [2.24, 2.45) is 0 Å². The topological polar surface area (TPSA) is 108 Å². The van der Waals surface area contributed by atoms with E-state index >= 15 is 0 Å². The molecule has 5 rings (SSSR count). The third kappa shape index (κ3) is 7.69. The van der Waals surface area contributed by atoms with E-state index in [1.54, 1.807) is 67.3 Å². The first-order valence-corrected chi connectivity index (χ1v) is 14.5. The molecule has 1 heterocycles. The van der Waals surface area contributed by atoms with Gasteiger partial charge in [0.1, 0.15) is 22.8 Å². The average molecular weight is 606 g/mol. The first-order valence-electron chi connectivity index (χ1n) is 14.5. The molecule has 0 fully saturated rings. The largest absolute Gasteiger partial charge is 0.497 e. The molecule has 0 aliphatic heterocycles. The van der Waals surface area contributed by atoms with E-state index in [1.807, 2.05) is 55.5 Å². The van der Waals surface area contributed by atoms with Crippen LogP contribution >= 0.6 is 0 Å². The molecule has 0 radical (unpaired) electrons. The second-order valence-corrected chi connectivity index (χ2v) is 10.5. The molecule has 4 aromatic carbocycles. The van der Waals surface area contributed by atoms with Crippen molar-refractivity contribution in [2.45, 2.75) is 19.9 Å². The number of fused-ring (bicyclic) bond motifs is 1. The van der Waals surface area contributed by atoms with E-state index in [-0.39, 0.29) is 18.7 Å². The highest BCUT2D eigenvalue weighted by molar-refractivity contribution is 6.04. The number of nitrogens with zero attached hydrogens (tertiary/aromatic N) is 1. The highest BCUT2D eigenvalue weighted by Crippen LogP contribution is 2.25. The predicted molar refractivity (Wildman–Crippen MR) is 175 cm³/mol.